The highest BCUT2D eigenvalue weighted by atomic mass is 15.7. The van der Waals surface area contributed by atoms with E-state index in [1.54, 1.807) is 5.12 Å². The van der Waals surface area contributed by atoms with E-state index in [2.05, 4.69) is 17.5 Å². The van der Waals surface area contributed by atoms with E-state index >= 15 is 0 Å². The molecule has 0 amide bonds. The van der Waals surface area contributed by atoms with E-state index in [1.807, 2.05) is 20.3 Å². The van der Waals surface area contributed by atoms with E-state index in [-0.39, 0.29) is 0 Å². The van der Waals surface area contributed by atoms with E-state index in [9.17, 15) is 0 Å². The lowest BCUT2D eigenvalue weighted by atomic mass is 10.3. The molecule has 0 saturated heterocycles. The molecule has 0 aliphatic heterocycles. The predicted molar refractivity (Wildman–Crippen MR) is 44.8 cm³/mol. The minimum absolute atomic E-state index is 1.07. The predicted octanol–water partition coefficient (Wildman–Crippen LogP) is 1.23. The standard InChI is InChI=1S/C7H17N3/c1-4-5-6-7-9-10(3)8-2/h7-8H,4-6H2,1-3H3/b9-7-. The summed E-state index contributed by atoms with van der Waals surface area (Å²) >= 11 is 0. The lowest BCUT2D eigenvalue weighted by molar-refractivity contribution is 0.275. The molecule has 3 nitrogen and oxygen atoms in total. The average molecular weight is 143 g/mol. The van der Waals surface area contributed by atoms with Gasteiger partial charge in [0.1, 0.15) is 0 Å². The third kappa shape index (κ3) is 5.56. The van der Waals surface area contributed by atoms with Crippen LogP contribution in [0.1, 0.15) is 26.2 Å². The van der Waals surface area contributed by atoms with Crippen molar-refractivity contribution in [3.05, 3.63) is 0 Å². The van der Waals surface area contributed by atoms with Crippen molar-refractivity contribution in [3.63, 3.8) is 0 Å². The van der Waals surface area contributed by atoms with Crippen molar-refractivity contribution in [2.24, 2.45) is 5.10 Å². The highest BCUT2D eigenvalue weighted by Gasteiger charge is 1.81. The first-order chi connectivity index (χ1) is 4.81. The first-order valence-electron chi connectivity index (χ1n) is 3.74. The van der Waals surface area contributed by atoms with Crippen LogP contribution in [0.15, 0.2) is 5.10 Å². The molecule has 0 aliphatic rings. The summed E-state index contributed by atoms with van der Waals surface area (Å²) in [5.41, 5.74) is 2.88. The lowest BCUT2D eigenvalue weighted by Crippen LogP contribution is -2.24. The van der Waals surface area contributed by atoms with Crippen molar-refractivity contribution in [3.8, 4) is 0 Å². The number of unbranched alkanes of at least 4 members (excludes halogenated alkanes) is 2. The summed E-state index contributed by atoms with van der Waals surface area (Å²) in [4.78, 5) is 0. The van der Waals surface area contributed by atoms with Gasteiger partial charge in [-0.25, -0.2) is 10.5 Å². The zero-order chi connectivity index (χ0) is 7.82. The fourth-order valence-corrected chi connectivity index (χ4v) is 0.533. The van der Waals surface area contributed by atoms with Gasteiger partial charge >= 0.3 is 0 Å². The number of hydrogen-bond acceptors (Lipinski definition) is 3. The third-order valence-corrected chi connectivity index (χ3v) is 1.27. The second-order valence-electron chi connectivity index (χ2n) is 2.19. The Morgan fingerprint density at radius 3 is 2.80 bits per heavy atom. The van der Waals surface area contributed by atoms with Crippen molar-refractivity contribution in [1.82, 2.24) is 10.5 Å². The Labute approximate surface area is 63.1 Å². The topological polar surface area (TPSA) is 27.6 Å². The molecule has 0 unspecified atom stereocenters. The summed E-state index contributed by atoms with van der Waals surface area (Å²) in [5.74, 6) is 0. The maximum absolute atomic E-state index is 4.08. The molecule has 1 N–H and O–H groups in total. The minimum Gasteiger partial charge on any atom is -0.234 e. The Kier molecular flexibility index (Phi) is 6.18. The molecule has 0 saturated carbocycles. The molecular weight excluding hydrogens is 126 g/mol. The quantitative estimate of drug-likeness (QED) is 0.356. The van der Waals surface area contributed by atoms with Crippen molar-refractivity contribution in [1.29, 1.82) is 0 Å². The maximum atomic E-state index is 4.08. The summed E-state index contributed by atoms with van der Waals surface area (Å²) in [5, 5.41) is 5.77. The Bertz CT molecular complexity index is 90.9. The number of hydrazine groups is 1. The Morgan fingerprint density at radius 2 is 2.30 bits per heavy atom. The van der Waals surface area contributed by atoms with Crippen LogP contribution in [-0.2, 0) is 0 Å². The zero-order valence-corrected chi connectivity index (χ0v) is 7.09. The molecule has 0 aromatic heterocycles. The van der Waals surface area contributed by atoms with Gasteiger partial charge in [0, 0.05) is 20.3 Å². The van der Waals surface area contributed by atoms with Crippen LogP contribution >= 0.6 is 0 Å². The largest absolute Gasteiger partial charge is 0.234 e. The van der Waals surface area contributed by atoms with Gasteiger partial charge in [0.05, 0.1) is 0 Å². The monoisotopic (exact) mass is 143 g/mol. The molecular formula is C7H17N3. The average Bonchev–Trinajstić information content (AvgIpc) is 1.98. The molecule has 3 heteroatoms. The molecule has 0 atom stereocenters. The second-order valence-corrected chi connectivity index (χ2v) is 2.19. The summed E-state index contributed by atoms with van der Waals surface area (Å²) in [6.45, 7) is 2.18. The smallest absolute Gasteiger partial charge is 0.0421 e. The molecule has 0 rings (SSSR count). The van der Waals surface area contributed by atoms with Crippen molar-refractivity contribution in [2.45, 2.75) is 26.2 Å². The zero-order valence-electron chi connectivity index (χ0n) is 7.09. The van der Waals surface area contributed by atoms with Gasteiger partial charge in [-0.2, -0.15) is 5.10 Å². The van der Waals surface area contributed by atoms with E-state index in [0.717, 1.165) is 6.42 Å². The number of hydrazone groups is 1. The van der Waals surface area contributed by atoms with Crippen LogP contribution in [0.25, 0.3) is 0 Å². The van der Waals surface area contributed by atoms with Crippen LogP contribution in [0.5, 0.6) is 0 Å². The Morgan fingerprint density at radius 1 is 1.60 bits per heavy atom. The highest BCUT2D eigenvalue weighted by molar-refractivity contribution is 5.56. The van der Waals surface area contributed by atoms with Crippen molar-refractivity contribution in [2.75, 3.05) is 14.1 Å². The molecule has 0 aromatic rings. The van der Waals surface area contributed by atoms with Crippen molar-refractivity contribution < 1.29 is 0 Å². The SMILES string of the molecule is CCCC/C=N\N(C)NC. The van der Waals surface area contributed by atoms with E-state index in [1.165, 1.54) is 12.8 Å². The number of hydrogen-bond donors (Lipinski definition) is 1. The van der Waals surface area contributed by atoms with Gasteiger partial charge in [0.25, 0.3) is 0 Å². The van der Waals surface area contributed by atoms with Crippen LogP contribution < -0.4 is 5.43 Å². The van der Waals surface area contributed by atoms with E-state index in [0.29, 0.717) is 0 Å². The minimum atomic E-state index is 1.07. The van der Waals surface area contributed by atoms with Gasteiger partial charge in [-0.3, -0.25) is 0 Å². The van der Waals surface area contributed by atoms with Gasteiger partial charge in [0.2, 0.25) is 0 Å². The molecule has 0 radical (unpaired) electrons. The number of nitrogens with zero attached hydrogens (tertiary/aromatic N) is 2. The summed E-state index contributed by atoms with van der Waals surface area (Å²) in [6.07, 6.45) is 5.46. The van der Waals surface area contributed by atoms with Crippen LogP contribution in [0.4, 0.5) is 0 Å². The third-order valence-electron chi connectivity index (χ3n) is 1.27. The summed E-state index contributed by atoms with van der Waals surface area (Å²) in [6, 6.07) is 0. The molecule has 60 valence electrons. The summed E-state index contributed by atoms with van der Waals surface area (Å²) < 4.78 is 0. The molecule has 0 aliphatic carbocycles. The maximum Gasteiger partial charge on any atom is 0.0421 e. The molecule has 0 heterocycles. The fraction of sp³-hybridized carbons (Fsp3) is 0.857. The molecule has 0 aromatic carbocycles. The Balaban J connectivity index is 3.18. The molecule has 0 spiro atoms. The Hall–Kier alpha value is -0.570. The first kappa shape index (κ1) is 9.43. The van der Waals surface area contributed by atoms with Gasteiger partial charge < -0.3 is 0 Å². The van der Waals surface area contributed by atoms with Crippen LogP contribution in [0, 0.1) is 0 Å². The van der Waals surface area contributed by atoms with Crippen LogP contribution in [0.3, 0.4) is 0 Å². The van der Waals surface area contributed by atoms with Gasteiger partial charge in [-0.15, -0.1) is 0 Å². The van der Waals surface area contributed by atoms with Crippen molar-refractivity contribution >= 4 is 6.21 Å². The molecule has 0 bridgehead atoms. The molecule has 0 fully saturated rings. The lowest BCUT2D eigenvalue weighted by Gasteiger charge is -2.08. The van der Waals surface area contributed by atoms with Crippen LogP contribution in [-0.4, -0.2) is 25.4 Å². The number of nitrogens with one attached hydrogen (secondary N) is 1. The van der Waals surface area contributed by atoms with Gasteiger partial charge in [0.15, 0.2) is 0 Å². The van der Waals surface area contributed by atoms with E-state index in [4.69, 9.17) is 0 Å². The summed E-state index contributed by atoms with van der Waals surface area (Å²) in [7, 11) is 3.72. The van der Waals surface area contributed by atoms with Gasteiger partial charge in [-0.05, 0) is 12.8 Å². The van der Waals surface area contributed by atoms with Crippen LogP contribution in [0.2, 0.25) is 0 Å². The highest BCUT2D eigenvalue weighted by Crippen LogP contribution is 1.89. The van der Waals surface area contributed by atoms with E-state index < -0.39 is 0 Å². The first-order valence-corrected chi connectivity index (χ1v) is 3.74. The molecule has 10 heavy (non-hydrogen) atoms. The second kappa shape index (κ2) is 6.55. The number of rotatable bonds is 5. The fourth-order valence-electron chi connectivity index (χ4n) is 0.533. The normalized spacial score (nSPS) is 10.7. The van der Waals surface area contributed by atoms with Gasteiger partial charge in [-0.1, -0.05) is 13.3 Å².